The molecule has 0 amide bonds. The molecule has 2 fully saturated rings. The highest BCUT2D eigenvalue weighted by atomic mass is 36.0. The number of Topliss-reactive ketones (excluding diaryl/α,β-unsaturated/α-hetero) is 1. The maximum atomic E-state index is 12.6. The fraction of sp³-hybridized carbons (Fsp3) is 0.720. The number of carbonyl (C=O) groups excluding carboxylic acids is 1. The number of halogens is 4. The van der Waals surface area contributed by atoms with Gasteiger partial charge in [-0.1, -0.05) is 32.9 Å². The van der Waals surface area contributed by atoms with E-state index in [1.165, 1.54) is 25.2 Å². The minimum Gasteiger partial charge on any atom is -0.481 e. The van der Waals surface area contributed by atoms with Crippen LogP contribution in [-0.2, 0) is 25.9 Å². The zero-order chi connectivity index (χ0) is 27.3. The summed E-state index contributed by atoms with van der Waals surface area (Å²) in [5.74, 6) is 1.04. The van der Waals surface area contributed by atoms with Crippen molar-refractivity contribution in [2.75, 3.05) is 38.6 Å². The summed E-state index contributed by atoms with van der Waals surface area (Å²) in [5, 5.41) is 11.9. The Morgan fingerprint density at radius 2 is 1.72 bits per heavy atom. The first-order valence-corrected chi connectivity index (χ1v) is 16.2. The van der Waals surface area contributed by atoms with Gasteiger partial charge in [0.2, 0.25) is 9.23 Å². The molecule has 2 aliphatic carbocycles. The minimum absolute atomic E-state index is 0.0848. The van der Waals surface area contributed by atoms with Gasteiger partial charge in [-0.3, -0.25) is 4.79 Å². The first-order valence-electron chi connectivity index (χ1n) is 12.3. The van der Waals surface area contributed by atoms with Crippen LogP contribution >= 0.6 is 44.6 Å². The number of carbonyl (C=O) groups is 1. The lowest BCUT2D eigenvalue weighted by Gasteiger charge is -2.62. The first-order chi connectivity index (χ1) is 17.0. The lowest BCUT2D eigenvalue weighted by Crippen LogP contribution is -2.76. The number of likely N-dealkylation sites (tertiary alicyclic amines) is 1. The summed E-state index contributed by atoms with van der Waals surface area (Å²) in [4.78, 5) is 17.3. The Kier molecular flexibility index (Phi) is 12.3. The Bertz CT molecular complexity index is 926. The van der Waals surface area contributed by atoms with Crippen LogP contribution in [0.3, 0.4) is 0 Å². The van der Waals surface area contributed by atoms with Crippen molar-refractivity contribution >= 4 is 59.6 Å². The Balaban J connectivity index is 0.000000274. The van der Waals surface area contributed by atoms with Gasteiger partial charge in [0.05, 0.1) is 16.4 Å². The highest BCUT2D eigenvalue weighted by molar-refractivity contribution is 8.26. The summed E-state index contributed by atoms with van der Waals surface area (Å²) in [6, 6.07) is 4.35. The number of aliphatic hydroxyl groups is 1. The van der Waals surface area contributed by atoms with Crippen LogP contribution in [0.15, 0.2) is 12.1 Å². The molecule has 1 spiro atoms. The molecule has 6 nitrogen and oxygen atoms in total. The van der Waals surface area contributed by atoms with E-state index in [9.17, 15) is 9.90 Å². The molecule has 0 aromatic heterocycles. The molecule has 4 atom stereocenters. The number of nitrogens with zero attached hydrogens (tertiary/aromatic N) is 2. The standard InChI is InChI=1S/C18H21NO3.C6H15N.CH2Cl2.Cl2OS/c1-10-3-4-11-9-13-18(21)6-5-12(20)16-17(18,7-8-19(13)2)14(11)15(10)22-16;1-4-7(5-2)6-3;2-1-3;1-4(2)3/h3-4,13,16,21H,5-9H2,1-2H3;4-6H2,1-3H3;1H2;/t13-,16+,17+,18-;;;/m1.../s1. The number of likely N-dealkylation sites (N-methyl/N-ethyl adjacent to an activating group) is 1. The SMILES string of the molecule is CCN(CC)CC.Cc1ccc2c3c1O[C@H]1C(=O)CC[C@@]4(O)[C@@H](C2)N(C)CC[C@]314.ClCCl.O=S(Cl)Cl. The maximum absolute atomic E-state index is 12.6. The fourth-order valence-corrected chi connectivity index (χ4v) is 6.35. The lowest BCUT2D eigenvalue weighted by molar-refractivity contribution is -0.185. The number of aryl methyl sites for hydroxylation is 1. The molecule has 2 heterocycles. The molecule has 1 N–H and O–H groups in total. The van der Waals surface area contributed by atoms with Gasteiger partial charge < -0.3 is 19.6 Å². The van der Waals surface area contributed by atoms with Gasteiger partial charge in [0.15, 0.2) is 11.9 Å². The summed E-state index contributed by atoms with van der Waals surface area (Å²) >= 11 is 9.53. The number of hydrogen-bond acceptors (Lipinski definition) is 6. The quantitative estimate of drug-likeness (QED) is 0.380. The van der Waals surface area contributed by atoms with Crippen LogP contribution in [0.2, 0.25) is 0 Å². The van der Waals surface area contributed by atoms with Crippen LogP contribution in [-0.4, -0.2) is 81.2 Å². The molecule has 0 unspecified atom stereocenters. The van der Waals surface area contributed by atoms with Gasteiger partial charge in [-0.2, -0.15) is 0 Å². The molecule has 5 rings (SSSR count). The molecule has 1 saturated heterocycles. The smallest absolute Gasteiger partial charge is 0.211 e. The normalized spacial score (nSPS) is 29.2. The van der Waals surface area contributed by atoms with Gasteiger partial charge >= 0.3 is 0 Å². The molecule has 2 aliphatic heterocycles. The predicted octanol–water partition coefficient (Wildman–Crippen LogP) is 5.16. The number of piperidine rings is 1. The Hall–Kier alpha value is -0.120. The van der Waals surface area contributed by atoms with Crippen LogP contribution in [0.25, 0.3) is 0 Å². The van der Waals surface area contributed by atoms with Crippen molar-refractivity contribution in [3.05, 3.63) is 28.8 Å². The van der Waals surface area contributed by atoms with E-state index in [2.05, 4.69) is 71.1 Å². The second-order valence-corrected chi connectivity index (χ2v) is 12.8. The van der Waals surface area contributed by atoms with Crippen molar-refractivity contribution in [2.24, 2.45) is 0 Å². The van der Waals surface area contributed by atoms with Crippen LogP contribution < -0.4 is 4.74 Å². The van der Waals surface area contributed by atoms with Gasteiger partial charge in [0, 0.05) is 39.4 Å². The topological polar surface area (TPSA) is 70.1 Å². The number of hydrogen-bond donors (Lipinski definition) is 1. The summed E-state index contributed by atoms with van der Waals surface area (Å²) < 4.78 is 15.3. The summed E-state index contributed by atoms with van der Waals surface area (Å²) in [6.07, 6.45) is 2.15. The zero-order valence-corrected chi connectivity index (χ0v) is 25.5. The molecular weight excluding hydrogens is 566 g/mol. The molecule has 1 aromatic rings. The highest BCUT2D eigenvalue weighted by Crippen LogP contribution is 2.63. The van der Waals surface area contributed by atoms with Crippen LogP contribution in [0.5, 0.6) is 5.75 Å². The third-order valence-electron chi connectivity index (χ3n) is 8.08. The van der Waals surface area contributed by atoms with Crippen molar-refractivity contribution < 1.29 is 18.8 Å². The molecule has 11 heteroatoms. The minimum atomic E-state index is -1.67. The van der Waals surface area contributed by atoms with Gasteiger partial charge in [0.25, 0.3) is 0 Å². The fourth-order valence-electron chi connectivity index (χ4n) is 6.35. The molecule has 1 aromatic carbocycles. The van der Waals surface area contributed by atoms with Crippen LogP contribution in [0.4, 0.5) is 0 Å². The molecule has 206 valence electrons. The number of ether oxygens (including phenoxy) is 1. The Morgan fingerprint density at radius 1 is 1.17 bits per heavy atom. The third-order valence-corrected chi connectivity index (χ3v) is 8.08. The van der Waals surface area contributed by atoms with Crippen molar-refractivity contribution in [1.82, 2.24) is 9.80 Å². The van der Waals surface area contributed by atoms with Crippen molar-refractivity contribution in [3.63, 3.8) is 0 Å². The van der Waals surface area contributed by atoms with E-state index in [1.807, 2.05) is 6.92 Å². The number of alkyl halides is 2. The van der Waals surface area contributed by atoms with E-state index in [0.29, 0.717) is 12.8 Å². The Morgan fingerprint density at radius 3 is 2.22 bits per heavy atom. The van der Waals surface area contributed by atoms with Crippen molar-refractivity contribution in [3.8, 4) is 5.75 Å². The van der Waals surface area contributed by atoms with E-state index >= 15 is 0 Å². The van der Waals surface area contributed by atoms with Gasteiger partial charge in [-0.25, -0.2) is 4.21 Å². The number of benzene rings is 1. The molecule has 36 heavy (non-hydrogen) atoms. The zero-order valence-electron chi connectivity index (χ0n) is 21.7. The van der Waals surface area contributed by atoms with E-state index in [1.54, 1.807) is 0 Å². The molecule has 0 radical (unpaired) electrons. The summed E-state index contributed by atoms with van der Waals surface area (Å²) in [7, 11) is 9.45. The van der Waals surface area contributed by atoms with Gasteiger partial charge in [0.1, 0.15) is 5.75 Å². The second kappa shape index (κ2) is 13.8. The van der Waals surface area contributed by atoms with E-state index in [0.717, 1.165) is 36.3 Å². The summed E-state index contributed by atoms with van der Waals surface area (Å²) in [5.41, 5.74) is 2.13. The van der Waals surface area contributed by atoms with E-state index in [-0.39, 0.29) is 17.2 Å². The average Bonchev–Trinajstić information content (AvgIpc) is 3.19. The largest absolute Gasteiger partial charge is 0.481 e. The summed E-state index contributed by atoms with van der Waals surface area (Å²) in [6.45, 7) is 13.1. The highest BCUT2D eigenvalue weighted by Gasteiger charge is 2.72. The van der Waals surface area contributed by atoms with Crippen molar-refractivity contribution in [1.29, 1.82) is 0 Å². The predicted molar refractivity (Wildman–Crippen MR) is 151 cm³/mol. The number of ketones is 1. The second-order valence-electron chi connectivity index (χ2n) is 9.46. The van der Waals surface area contributed by atoms with Crippen LogP contribution in [0, 0.1) is 6.92 Å². The molecule has 4 aliphatic rings. The number of rotatable bonds is 3. The van der Waals surface area contributed by atoms with E-state index in [4.69, 9.17) is 32.1 Å². The van der Waals surface area contributed by atoms with Gasteiger partial charge in [-0.05, 0) is 70.5 Å². The van der Waals surface area contributed by atoms with Crippen molar-refractivity contribution in [2.45, 2.75) is 76.5 Å². The molecule has 1 saturated carbocycles. The lowest BCUT2D eigenvalue weighted by atomic mass is 9.49. The first kappa shape index (κ1) is 32.1. The Labute approximate surface area is 237 Å². The average molecular weight is 604 g/mol. The van der Waals surface area contributed by atoms with Crippen LogP contribution in [0.1, 0.15) is 56.7 Å². The maximum Gasteiger partial charge on any atom is 0.211 e. The third kappa shape index (κ3) is 6.04. The molecular formula is C25H38Cl4N2O4S. The van der Waals surface area contributed by atoms with Gasteiger partial charge in [-0.15, -0.1) is 23.2 Å². The molecule has 2 bridgehead atoms. The monoisotopic (exact) mass is 602 g/mol. The van der Waals surface area contributed by atoms with E-state index < -0.39 is 26.3 Å².